The summed E-state index contributed by atoms with van der Waals surface area (Å²) in [5.74, 6) is -5.48. The highest BCUT2D eigenvalue weighted by atomic mass is 16.5. The van der Waals surface area contributed by atoms with E-state index in [2.05, 4.69) is 0 Å². The second-order valence-electron chi connectivity index (χ2n) is 2.95. The van der Waals surface area contributed by atoms with Gasteiger partial charge in [0.1, 0.15) is 0 Å². The van der Waals surface area contributed by atoms with Crippen LogP contribution in [0.1, 0.15) is 13.8 Å². The predicted octanol–water partition coefficient (Wildman–Crippen LogP) is -1.77. The summed E-state index contributed by atoms with van der Waals surface area (Å²) in [5, 5.41) is 35.4. The number of hydrogen-bond acceptors (Lipinski definition) is 5. The van der Waals surface area contributed by atoms with Gasteiger partial charge in [-0.15, -0.1) is 0 Å². The molecule has 0 aliphatic carbocycles. The fraction of sp³-hybridized carbons (Fsp3) is 0.571. The molecule has 7 nitrogen and oxygen atoms in total. The first-order valence-electron chi connectivity index (χ1n) is 3.51. The summed E-state index contributed by atoms with van der Waals surface area (Å²) in [6.07, 6.45) is 0. The minimum absolute atomic E-state index is 0.533. The molecule has 0 radical (unpaired) electrons. The van der Waals surface area contributed by atoms with E-state index in [9.17, 15) is 24.6 Å². The number of rotatable bonds is 4. The van der Waals surface area contributed by atoms with Crippen molar-refractivity contribution in [3.63, 3.8) is 0 Å². The van der Waals surface area contributed by atoms with Crippen molar-refractivity contribution in [2.45, 2.75) is 25.0 Å². The molecule has 0 aliphatic heterocycles. The van der Waals surface area contributed by atoms with Gasteiger partial charge in [0.15, 0.2) is 5.78 Å². The highest BCUT2D eigenvalue weighted by molar-refractivity contribution is 6.10. The molecule has 0 amide bonds. The zero-order valence-corrected chi connectivity index (χ0v) is 7.51. The summed E-state index contributed by atoms with van der Waals surface area (Å²) in [5.41, 5.74) is -6.43. The second kappa shape index (κ2) is 3.35. The zero-order chi connectivity index (χ0) is 11.7. The van der Waals surface area contributed by atoms with Crippen LogP contribution in [0.4, 0.5) is 0 Å². The van der Waals surface area contributed by atoms with Crippen molar-refractivity contribution in [3.8, 4) is 0 Å². The third-order valence-electron chi connectivity index (χ3n) is 1.94. The van der Waals surface area contributed by atoms with Crippen molar-refractivity contribution in [2.75, 3.05) is 0 Å². The van der Waals surface area contributed by atoms with Crippen LogP contribution in [0.5, 0.6) is 0 Å². The Hall–Kier alpha value is -1.47. The van der Waals surface area contributed by atoms with Crippen molar-refractivity contribution < 1.29 is 34.8 Å². The van der Waals surface area contributed by atoms with Crippen molar-refractivity contribution in [3.05, 3.63) is 0 Å². The molecule has 0 fully saturated rings. The van der Waals surface area contributed by atoms with Crippen LogP contribution in [0.15, 0.2) is 0 Å². The zero-order valence-electron chi connectivity index (χ0n) is 7.51. The van der Waals surface area contributed by atoms with Crippen LogP contribution in [0.3, 0.4) is 0 Å². The van der Waals surface area contributed by atoms with E-state index in [0.29, 0.717) is 13.8 Å². The van der Waals surface area contributed by atoms with E-state index in [1.54, 1.807) is 0 Å². The van der Waals surface area contributed by atoms with Gasteiger partial charge in [-0.05, 0) is 13.8 Å². The first kappa shape index (κ1) is 12.5. The molecule has 0 aromatic heterocycles. The number of carboxylic acid groups (broad SMARTS) is 2. The molecule has 0 saturated carbocycles. The number of carbonyl (C=O) groups excluding carboxylic acids is 1. The minimum atomic E-state index is -3.35. The molecular formula is C7H10O7. The van der Waals surface area contributed by atoms with Crippen molar-refractivity contribution >= 4 is 17.7 Å². The smallest absolute Gasteiger partial charge is 0.347 e. The van der Waals surface area contributed by atoms with Gasteiger partial charge in [-0.25, -0.2) is 9.59 Å². The van der Waals surface area contributed by atoms with Crippen molar-refractivity contribution in [1.82, 2.24) is 0 Å². The van der Waals surface area contributed by atoms with E-state index in [4.69, 9.17) is 10.2 Å². The molecule has 14 heavy (non-hydrogen) atoms. The quantitative estimate of drug-likeness (QED) is 0.400. The summed E-state index contributed by atoms with van der Waals surface area (Å²) in [7, 11) is 0. The van der Waals surface area contributed by atoms with E-state index in [-0.39, 0.29) is 0 Å². The minimum Gasteiger partial charge on any atom is -0.479 e. The standard InChI is InChI=1S/C7H10O7/c1-3(8)7(14,5(11)12)6(2,13)4(9)10/h13-14H,1-2H3,(H,9,10)(H,11,12). The lowest BCUT2D eigenvalue weighted by molar-refractivity contribution is -0.203. The summed E-state index contributed by atoms with van der Waals surface area (Å²) in [6.45, 7) is 1.20. The SMILES string of the molecule is CC(=O)C(O)(C(=O)O)C(C)(O)C(=O)O. The van der Waals surface area contributed by atoms with Gasteiger partial charge < -0.3 is 20.4 Å². The molecule has 4 N–H and O–H groups in total. The Morgan fingerprint density at radius 2 is 1.36 bits per heavy atom. The molecular weight excluding hydrogens is 196 g/mol. The first-order valence-corrected chi connectivity index (χ1v) is 3.51. The van der Waals surface area contributed by atoms with E-state index < -0.39 is 28.9 Å². The van der Waals surface area contributed by atoms with Gasteiger partial charge in [0.25, 0.3) is 5.60 Å². The van der Waals surface area contributed by atoms with E-state index in [0.717, 1.165) is 0 Å². The molecule has 2 unspecified atom stereocenters. The van der Waals surface area contributed by atoms with Gasteiger partial charge >= 0.3 is 11.9 Å². The average Bonchev–Trinajstić information content (AvgIpc) is 2.01. The predicted molar refractivity (Wildman–Crippen MR) is 41.5 cm³/mol. The maximum Gasteiger partial charge on any atom is 0.347 e. The molecule has 0 bridgehead atoms. The van der Waals surface area contributed by atoms with Crippen LogP contribution in [0.25, 0.3) is 0 Å². The molecule has 7 heteroatoms. The third-order valence-corrected chi connectivity index (χ3v) is 1.94. The Kier molecular flexibility index (Phi) is 3.00. The molecule has 0 aliphatic rings. The highest BCUT2D eigenvalue weighted by Crippen LogP contribution is 2.24. The fourth-order valence-electron chi connectivity index (χ4n) is 0.856. The lowest BCUT2D eigenvalue weighted by Gasteiger charge is -2.31. The molecule has 0 rings (SSSR count). The van der Waals surface area contributed by atoms with Gasteiger partial charge in [0, 0.05) is 0 Å². The van der Waals surface area contributed by atoms with E-state index >= 15 is 0 Å². The molecule has 0 spiro atoms. The number of Topliss-reactive ketones (excluding diaryl/α,β-unsaturated/α-hetero) is 1. The Morgan fingerprint density at radius 1 is 1.00 bits per heavy atom. The maximum absolute atomic E-state index is 10.8. The van der Waals surface area contributed by atoms with Crippen LogP contribution in [0.2, 0.25) is 0 Å². The van der Waals surface area contributed by atoms with Crippen LogP contribution in [-0.2, 0) is 14.4 Å². The number of hydrogen-bond donors (Lipinski definition) is 4. The summed E-state index contributed by atoms with van der Waals surface area (Å²) >= 11 is 0. The second-order valence-corrected chi connectivity index (χ2v) is 2.95. The van der Waals surface area contributed by atoms with Crippen LogP contribution < -0.4 is 0 Å². The first-order chi connectivity index (χ1) is 6.08. The molecule has 0 heterocycles. The Balaban J connectivity index is 5.55. The molecule has 80 valence electrons. The van der Waals surface area contributed by atoms with E-state index in [1.807, 2.05) is 0 Å². The molecule has 2 atom stereocenters. The summed E-state index contributed by atoms with van der Waals surface area (Å²) in [6, 6.07) is 0. The largest absolute Gasteiger partial charge is 0.479 e. The Bertz CT molecular complexity index is 276. The van der Waals surface area contributed by atoms with Gasteiger partial charge in [-0.2, -0.15) is 0 Å². The van der Waals surface area contributed by atoms with Crippen LogP contribution in [-0.4, -0.2) is 49.4 Å². The molecule has 0 saturated heterocycles. The van der Waals surface area contributed by atoms with Crippen LogP contribution >= 0.6 is 0 Å². The number of carboxylic acids is 2. The van der Waals surface area contributed by atoms with Crippen LogP contribution in [0, 0.1) is 0 Å². The number of aliphatic hydroxyl groups is 2. The average molecular weight is 206 g/mol. The maximum atomic E-state index is 10.8. The lowest BCUT2D eigenvalue weighted by Crippen LogP contribution is -2.65. The van der Waals surface area contributed by atoms with Gasteiger partial charge in [-0.1, -0.05) is 0 Å². The van der Waals surface area contributed by atoms with Gasteiger partial charge in [0.2, 0.25) is 5.60 Å². The molecule has 0 aromatic carbocycles. The number of carbonyl (C=O) groups is 3. The van der Waals surface area contributed by atoms with Crippen molar-refractivity contribution in [2.24, 2.45) is 0 Å². The lowest BCUT2D eigenvalue weighted by atomic mass is 9.81. The third kappa shape index (κ3) is 1.47. The Morgan fingerprint density at radius 3 is 1.43 bits per heavy atom. The van der Waals surface area contributed by atoms with Crippen molar-refractivity contribution in [1.29, 1.82) is 0 Å². The summed E-state index contributed by atoms with van der Waals surface area (Å²) in [4.78, 5) is 31.8. The normalized spacial score (nSPS) is 19.1. The summed E-state index contributed by atoms with van der Waals surface area (Å²) < 4.78 is 0. The fourth-order valence-corrected chi connectivity index (χ4v) is 0.856. The van der Waals surface area contributed by atoms with Gasteiger partial charge in [-0.3, -0.25) is 4.79 Å². The number of ketones is 1. The van der Waals surface area contributed by atoms with E-state index in [1.165, 1.54) is 0 Å². The monoisotopic (exact) mass is 206 g/mol. The van der Waals surface area contributed by atoms with Gasteiger partial charge in [0.05, 0.1) is 0 Å². The number of aliphatic carboxylic acids is 2. The highest BCUT2D eigenvalue weighted by Gasteiger charge is 2.61. The topological polar surface area (TPSA) is 132 Å². The Labute approximate surface area is 78.6 Å². The molecule has 0 aromatic rings.